The maximum Gasteiger partial charge on any atom is 0.156 e. The van der Waals surface area contributed by atoms with Crippen LogP contribution in [0.4, 0.5) is 0 Å². The molecule has 0 aliphatic carbocycles. The third-order valence-electron chi connectivity index (χ3n) is 11.1. The number of imidazole rings is 1. The lowest BCUT2D eigenvalue weighted by Crippen LogP contribution is -1.93. The smallest absolute Gasteiger partial charge is 0.156 e. The van der Waals surface area contributed by atoms with Crippen molar-refractivity contribution in [3.8, 4) is 22.4 Å². The lowest BCUT2D eigenvalue weighted by molar-refractivity contribution is 1.25. The molecule has 12 rings (SSSR count). The van der Waals surface area contributed by atoms with Crippen LogP contribution in [-0.2, 0) is 0 Å². The summed E-state index contributed by atoms with van der Waals surface area (Å²) in [6.45, 7) is 0. The van der Waals surface area contributed by atoms with Gasteiger partial charge in [-0.15, -0.1) is 11.3 Å². The van der Waals surface area contributed by atoms with Crippen molar-refractivity contribution in [2.45, 2.75) is 0 Å². The van der Waals surface area contributed by atoms with Crippen LogP contribution in [0.2, 0.25) is 0 Å². The lowest BCUT2D eigenvalue weighted by Gasteiger charge is -2.13. The molecule has 0 spiro atoms. The van der Waals surface area contributed by atoms with Crippen LogP contribution in [0.1, 0.15) is 0 Å². The number of benzene rings is 9. The number of pyridine rings is 1. The molecular weight excluding hydrogens is 649 g/mol. The Kier molecular flexibility index (Phi) is 5.68. The second-order valence-electron chi connectivity index (χ2n) is 13.9. The molecule has 0 fully saturated rings. The zero-order valence-corrected chi connectivity index (χ0v) is 28.8. The first-order valence-electron chi connectivity index (χ1n) is 17.8. The van der Waals surface area contributed by atoms with Gasteiger partial charge >= 0.3 is 0 Å². The molecule has 0 aliphatic heterocycles. The summed E-state index contributed by atoms with van der Waals surface area (Å²) in [4.78, 5) is 5.47. The van der Waals surface area contributed by atoms with E-state index >= 15 is 0 Å². The zero-order valence-electron chi connectivity index (χ0n) is 28.0. The van der Waals surface area contributed by atoms with Gasteiger partial charge in [-0.2, -0.15) is 0 Å². The quantitative estimate of drug-likeness (QED) is 0.132. The van der Waals surface area contributed by atoms with Crippen molar-refractivity contribution in [1.29, 1.82) is 0 Å². The number of thiophene rings is 1. The fourth-order valence-electron chi connectivity index (χ4n) is 8.66. The van der Waals surface area contributed by atoms with Gasteiger partial charge in [0.25, 0.3) is 0 Å². The van der Waals surface area contributed by atoms with Crippen molar-refractivity contribution in [3.63, 3.8) is 0 Å². The van der Waals surface area contributed by atoms with Gasteiger partial charge in [0.15, 0.2) is 5.65 Å². The summed E-state index contributed by atoms with van der Waals surface area (Å²) in [6.07, 6.45) is 0. The predicted molar refractivity (Wildman–Crippen MR) is 224 cm³/mol. The Hall–Kier alpha value is -6.55. The first-order chi connectivity index (χ1) is 25.8. The van der Waals surface area contributed by atoms with Crippen LogP contribution < -0.4 is 0 Å². The summed E-state index contributed by atoms with van der Waals surface area (Å²) < 4.78 is 4.90. The monoisotopic (exact) mass is 676 g/mol. The summed E-state index contributed by atoms with van der Waals surface area (Å²) >= 11 is 1.84. The molecule has 3 heterocycles. The van der Waals surface area contributed by atoms with Crippen LogP contribution in [0, 0.1) is 0 Å². The molecule has 9 aromatic carbocycles. The van der Waals surface area contributed by atoms with Crippen molar-refractivity contribution in [2.75, 3.05) is 0 Å². The Morgan fingerprint density at radius 3 is 1.73 bits per heavy atom. The molecule has 0 unspecified atom stereocenters. The number of hydrogen-bond acceptors (Lipinski definition) is 2. The third-order valence-corrected chi connectivity index (χ3v) is 12.3. The minimum absolute atomic E-state index is 1.02. The highest BCUT2D eigenvalue weighted by Crippen LogP contribution is 2.42. The first-order valence-corrected chi connectivity index (χ1v) is 18.6. The molecule has 0 saturated heterocycles. The van der Waals surface area contributed by atoms with Crippen LogP contribution in [-0.4, -0.2) is 9.38 Å². The Bertz CT molecular complexity index is 3420. The van der Waals surface area contributed by atoms with Crippen molar-refractivity contribution in [2.24, 2.45) is 0 Å². The van der Waals surface area contributed by atoms with Crippen molar-refractivity contribution in [3.05, 3.63) is 170 Å². The summed E-state index contributed by atoms with van der Waals surface area (Å²) in [7, 11) is 0. The molecule has 0 N–H and O–H groups in total. The average Bonchev–Trinajstić information content (AvgIpc) is 3.79. The maximum absolute atomic E-state index is 5.47. The number of rotatable bonds is 2. The van der Waals surface area contributed by atoms with E-state index in [1.54, 1.807) is 0 Å². The molecule has 0 radical (unpaired) electrons. The average molecular weight is 677 g/mol. The van der Waals surface area contributed by atoms with Crippen molar-refractivity contribution < 1.29 is 0 Å². The van der Waals surface area contributed by atoms with Gasteiger partial charge in [0.05, 0.1) is 21.4 Å². The fourth-order valence-corrected chi connectivity index (χ4v) is 9.82. The van der Waals surface area contributed by atoms with E-state index in [-0.39, 0.29) is 0 Å². The summed E-state index contributed by atoms with van der Waals surface area (Å²) in [6, 6.07) is 62.5. The molecule has 0 bridgehead atoms. The Balaban J connectivity index is 1.08. The Morgan fingerprint density at radius 2 is 0.981 bits per heavy atom. The summed E-state index contributed by atoms with van der Waals surface area (Å²) in [5, 5.41) is 15.2. The molecule has 0 aliphatic rings. The molecule has 0 saturated carbocycles. The topological polar surface area (TPSA) is 17.3 Å². The Labute approximate surface area is 302 Å². The number of nitrogens with zero attached hydrogens (tertiary/aromatic N) is 2. The van der Waals surface area contributed by atoms with E-state index in [0.717, 1.165) is 22.4 Å². The summed E-state index contributed by atoms with van der Waals surface area (Å²) in [5.74, 6) is 0. The third kappa shape index (κ3) is 3.91. The molecule has 0 amide bonds. The molecule has 2 nitrogen and oxygen atoms in total. The van der Waals surface area contributed by atoms with E-state index in [0.29, 0.717) is 0 Å². The minimum Gasteiger partial charge on any atom is -0.291 e. The molecular formula is C49H28N2S. The van der Waals surface area contributed by atoms with Gasteiger partial charge in [-0.25, -0.2) is 4.98 Å². The van der Waals surface area contributed by atoms with E-state index in [9.17, 15) is 0 Å². The van der Waals surface area contributed by atoms with Crippen LogP contribution in [0.5, 0.6) is 0 Å². The van der Waals surface area contributed by atoms with Gasteiger partial charge in [-0.3, -0.25) is 4.40 Å². The zero-order chi connectivity index (χ0) is 33.9. The van der Waals surface area contributed by atoms with Crippen LogP contribution in [0.15, 0.2) is 170 Å². The number of hydrogen-bond donors (Lipinski definition) is 0. The Morgan fingerprint density at radius 1 is 0.385 bits per heavy atom. The van der Waals surface area contributed by atoms with E-state index in [2.05, 4.69) is 174 Å². The van der Waals surface area contributed by atoms with E-state index < -0.39 is 0 Å². The van der Waals surface area contributed by atoms with E-state index in [1.165, 1.54) is 90.7 Å². The first kappa shape index (κ1) is 28.2. The van der Waals surface area contributed by atoms with E-state index in [4.69, 9.17) is 4.98 Å². The highest BCUT2D eigenvalue weighted by atomic mass is 32.1. The van der Waals surface area contributed by atoms with Gasteiger partial charge in [-0.05, 0) is 102 Å². The van der Waals surface area contributed by atoms with Gasteiger partial charge in [0, 0.05) is 20.9 Å². The van der Waals surface area contributed by atoms with Crippen LogP contribution >= 0.6 is 11.3 Å². The van der Waals surface area contributed by atoms with Gasteiger partial charge in [-0.1, -0.05) is 133 Å². The lowest BCUT2D eigenvalue weighted by atomic mass is 9.92. The predicted octanol–water partition coefficient (Wildman–Crippen LogP) is 14.0. The van der Waals surface area contributed by atoms with E-state index in [1.807, 2.05) is 11.3 Å². The second-order valence-corrected chi connectivity index (χ2v) is 15.0. The summed E-state index contributed by atoms with van der Waals surface area (Å²) in [5.41, 5.74) is 7.93. The molecule has 240 valence electrons. The largest absolute Gasteiger partial charge is 0.291 e. The maximum atomic E-state index is 5.47. The van der Waals surface area contributed by atoms with Gasteiger partial charge in [0.2, 0.25) is 0 Å². The standard InChI is InChI=1S/C49H28N2S/c1-2-10-32-26-41-34(25-31(32)9-1)22-24-44-47(41)50-49-48-43(40-15-7-8-16-46(40)52-48)28-45(51(44)49)30-19-17-29(18-20-30)33-21-23-39-37-13-4-3-11-35(37)36-12-5-6-14-38(36)42(39)27-33/h1-28H. The van der Waals surface area contributed by atoms with Crippen molar-refractivity contribution >= 4 is 102 Å². The number of aromatic nitrogens is 2. The fraction of sp³-hybridized carbons (Fsp3) is 0. The molecule has 3 aromatic heterocycles. The molecule has 3 heteroatoms. The molecule has 52 heavy (non-hydrogen) atoms. The molecule has 12 aromatic rings. The number of fused-ring (bicyclic) bond motifs is 16. The van der Waals surface area contributed by atoms with Gasteiger partial charge in [0.1, 0.15) is 0 Å². The molecule has 0 atom stereocenters. The highest BCUT2D eigenvalue weighted by molar-refractivity contribution is 7.26. The van der Waals surface area contributed by atoms with Crippen molar-refractivity contribution in [1.82, 2.24) is 9.38 Å². The SMILES string of the molecule is c1ccc2cc3c(ccc4c3nc3c5sc6ccccc6c5cc(-c5ccc(-c6ccc7c8ccccc8c8ccccc8c7c6)cc5)n43)cc2c1. The minimum atomic E-state index is 1.02. The van der Waals surface area contributed by atoms with Crippen LogP contribution in [0.25, 0.3) is 113 Å². The van der Waals surface area contributed by atoms with Crippen LogP contribution in [0.3, 0.4) is 0 Å². The highest BCUT2D eigenvalue weighted by Gasteiger charge is 2.19. The second kappa shape index (κ2) is 10.5. The van der Waals surface area contributed by atoms with Gasteiger partial charge < -0.3 is 0 Å². The normalized spacial score (nSPS) is 12.2.